The van der Waals surface area contributed by atoms with Gasteiger partial charge in [0.2, 0.25) is 0 Å². The number of benzene rings is 1. The molecular formula is C17H28N2. The van der Waals surface area contributed by atoms with Crippen LogP contribution >= 0.6 is 0 Å². The monoisotopic (exact) mass is 260 g/mol. The van der Waals surface area contributed by atoms with Crippen LogP contribution in [-0.2, 0) is 0 Å². The lowest BCUT2D eigenvalue weighted by Gasteiger charge is -2.34. The number of nitrogens with one attached hydrogen (secondary N) is 1. The molecule has 106 valence electrons. The molecule has 0 spiro atoms. The molecule has 19 heavy (non-hydrogen) atoms. The van der Waals surface area contributed by atoms with Crippen LogP contribution < -0.4 is 5.32 Å². The highest BCUT2D eigenvalue weighted by atomic mass is 15.2. The average molecular weight is 260 g/mol. The van der Waals surface area contributed by atoms with Crippen molar-refractivity contribution in [3.8, 4) is 0 Å². The van der Waals surface area contributed by atoms with E-state index in [9.17, 15) is 0 Å². The van der Waals surface area contributed by atoms with Gasteiger partial charge in [0.05, 0.1) is 0 Å². The Morgan fingerprint density at radius 2 is 1.89 bits per heavy atom. The third-order valence-electron chi connectivity index (χ3n) is 3.76. The quantitative estimate of drug-likeness (QED) is 0.770. The van der Waals surface area contributed by atoms with Gasteiger partial charge >= 0.3 is 0 Å². The van der Waals surface area contributed by atoms with E-state index in [0.717, 1.165) is 25.0 Å². The lowest BCUT2D eigenvalue weighted by Crippen LogP contribution is -2.39. The zero-order chi connectivity index (χ0) is 13.7. The molecule has 0 aromatic heterocycles. The first-order chi connectivity index (χ1) is 9.22. The predicted molar refractivity (Wildman–Crippen MR) is 82.3 cm³/mol. The van der Waals surface area contributed by atoms with Gasteiger partial charge in [-0.2, -0.15) is 0 Å². The summed E-state index contributed by atoms with van der Waals surface area (Å²) in [5.41, 5.74) is 1.45. The average Bonchev–Trinajstić information content (AvgIpc) is 3.23. The summed E-state index contributed by atoms with van der Waals surface area (Å²) < 4.78 is 0. The normalized spacial score (nSPS) is 17.1. The first-order valence-electron chi connectivity index (χ1n) is 7.73. The topological polar surface area (TPSA) is 15.3 Å². The molecule has 0 radical (unpaired) electrons. The van der Waals surface area contributed by atoms with Crippen LogP contribution in [0.4, 0.5) is 0 Å². The highest BCUT2D eigenvalue weighted by Gasteiger charge is 2.34. The minimum atomic E-state index is 0.524. The Labute approximate surface area is 118 Å². The molecular weight excluding hydrogens is 232 g/mol. The third-order valence-corrected chi connectivity index (χ3v) is 3.76. The molecule has 2 nitrogen and oxygen atoms in total. The maximum atomic E-state index is 3.54. The lowest BCUT2D eigenvalue weighted by atomic mass is 10.0. The molecule has 1 unspecified atom stereocenters. The van der Waals surface area contributed by atoms with Gasteiger partial charge in [-0.1, -0.05) is 51.1 Å². The fourth-order valence-corrected chi connectivity index (χ4v) is 2.74. The largest absolute Gasteiger partial charge is 0.315 e. The Hall–Kier alpha value is -0.860. The van der Waals surface area contributed by atoms with Crippen molar-refractivity contribution < 1.29 is 0 Å². The zero-order valence-electron chi connectivity index (χ0n) is 12.6. The Bertz CT molecular complexity index is 357. The van der Waals surface area contributed by atoms with Crippen LogP contribution in [0, 0.1) is 5.92 Å². The summed E-state index contributed by atoms with van der Waals surface area (Å²) >= 11 is 0. The van der Waals surface area contributed by atoms with Crippen LogP contribution in [0.3, 0.4) is 0 Å². The van der Waals surface area contributed by atoms with Gasteiger partial charge in [-0.15, -0.1) is 0 Å². The molecule has 1 atom stereocenters. The third kappa shape index (κ3) is 4.32. The number of nitrogens with zero attached hydrogens (tertiary/aromatic N) is 1. The summed E-state index contributed by atoms with van der Waals surface area (Å²) in [6, 6.07) is 12.3. The van der Waals surface area contributed by atoms with Crippen LogP contribution in [0.5, 0.6) is 0 Å². The molecule has 1 saturated carbocycles. The van der Waals surface area contributed by atoms with Gasteiger partial charge in [0.15, 0.2) is 0 Å². The maximum Gasteiger partial charge on any atom is 0.0475 e. The standard InChI is InChI=1S/C17H28N2/c1-4-18-12-17(15-8-6-5-7-9-15)19(13-14(2)3)16-10-11-16/h5-9,14,16-18H,4,10-13H2,1-3H3. The number of rotatable bonds is 8. The predicted octanol–water partition coefficient (Wildman–Crippen LogP) is 3.46. The summed E-state index contributed by atoms with van der Waals surface area (Å²) in [4.78, 5) is 2.72. The van der Waals surface area contributed by atoms with E-state index >= 15 is 0 Å². The van der Waals surface area contributed by atoms with E-state index in [2.05, 4.69) is 61.3 Å². The summed E-state index contributed by atoms with van der Waals surface area (Å²) in [6.07, 6.45) is 2.75. The summed E-state index contributed by atoms with van der Waals surface area (Å²) in [6.45, 7) is 10.1. The van der Waals surface area contributed by atoms with Gasteiger partial charge in [0.25, 0.3) is 0 Å². The van der Waals surface area contributed by atoms with E-state index in [0.29, 0.717) is 6.04 Å². The van der Waals surface area contributed by atoms with Crippen molar-refractivity contribution in [1.29, 1.82) is 0 Å². The van der Waals surface area contributed by atoms with Crippen LogP contribution in [0.1, 0.15) is 45.2 Å². The minimum absolute atomic E-state index is 0.524. The van der Waals surface area contributed by atoms with E-state index in [1.807, 2.05) is 0 Å². The van der Waals surface area contributed by atoms with Gasteiger partial charge in [0, 0.05) is 25.2 Å². The van der Waals surface area contributed by atoms with Gasteiger partial charge < -0.3 is 5.32 Å². The Kier molecular flexibility index (Phi) is 5.41. The highest BCUT2D eigenvalue weighted by molar-refractivity contribution is 5.20. The molecule has 0 saturated heterocycles. The van der Waals surface area contributed by atoms with Gasteiger partial charge in [-0.25, -0.2) is 0 Å². The molecule has 0 bridgehead atoms. The van der Waals surface area contributed by atoms with E-state index < -0.39 is 0 Å². The van der Waals surface area contributed by atoms with Gasteiger partial charge in [-0.3, -0.25) is 4.90 Å². The molecule has 1 aromatic rings. The molecule has 0 aliphatic heterocycles. The van der Waals surface area contributed by atoms with Crippen LogP contribution in [0.2, 0.25) is 0 Å². The molecule has 1 fully saturated rings. The fourth-order valence-electron chi connectivity index (χ4n) is 2.74. The molecule has 1 aromatic carbocycles. The number of hydrogen-bond acceptors (Lipinski definition) is 2. The van der Waals surface area contributed by atoms with Crippen molar-refractivity contribution in [3.63, 3.8) is 0 Å². The van der Waals surface area contributed by atoms with E-state index in [1.54, 1.807) is 0 Å². The Morgan fingerprint density at radius 3 is 2.42 bits per heavy atom. The molecule has 0 amide bonds. The fraction of sp³-hybridized carbons (Fsp3) is 0.647. The van der Waals surface area contributed by atoms with Crippen molar-refractivity contribution in [2.24, 2.45) is 5.92 Å². The number of likely N-dealkylation sites (N-methyl/N-ethyl adjacent to an activating group) is 1. The lowest BCUT2D eigenvalue weighted by molar-refractivity contribution is 0.162. The van der Waals surface area contributed by atoms with Crippen molar-refractivity contribution in [2.75, 3.05) is 19.6 Å². The minimum Gasteiger partial charge on any atom is -0.315 e. The van der Waals surface area contributed by atoms with Crippen molar-refractivity contribution >= 4 is 0 Å². The molecule has 1 aliphatic rings. The first-order valence-corrected chi connectivity index (χ1v) is 7.73. The summed E-state index contributed by atoms with van der Waals surface area (Å²) in [5.74, 6) is 0.730. The Balaban J connectivity index is 2.14. The molecule has 2 heteroatoms. The maximum absolute atomic E-state index is 3.54. The summed E-state index contributed by atoms with van der Waals surface area (Å²) in [7, 11) is 0. The zero-order valence-corrected chi connectivity index (χ0v) is 12.6. The molecule has 2 rings (SSSR count). The smallest absolute Gasteiger partial charge is 0.0475 e. The summed E-state index contributed by atoms with van der Waals surface area (Å²) in [5, 5.41) is 3.54. The van der Waals surface area contributed by atoms with Gasteiger partial charge in [0.1, 0.15) is 0 Å². The molecule has 1 N–H and O–H groups in total. The van der Waals surface area contributed by atoms with E-state index in [4.69, 9.17) is 0 Å². The number of hydrogen-bond donors (Lipinski definition) is 1. The van der Waals surface area contributed by atoms with Crippen LogP contribution in [-0.4, -0.2) is 30.6 Å². The second-order valence-electron chi connectivity index (χ2n) is 6.06. The molecule has 0 heterocycles. The Morgan fingerprint density at radius 1 is 1.21 bits per heavy atom. The van der Waals surface area contributed by atoms with Gasteiger partial charge in [-0.05, 0) is 30.9 Å². The first kappa shape index (κ1) is 14.5. The van der Waals surface area contributed by atoms with Crippen molar-refractivity contribution in [3.05, 3.63) is 35.9 Å². The highest BCUT2D eigenvalue weighted by Crippen LogP contribution is 2.34. The SMILES string of the molecule is CCNCC(c1ccccc1)N(CC(C)C)C1CC1. The van der Waals surface area contributed by atoms with E-state index in [1.165, 1.54) is 24.9 Å². The van der Waals surface area contributed by atoms with Crippen molar-refractivity contribution in [1.82, 2.24) is 10.2 Å². The van der Waals surface area contributed by atoms with Crippen LogP contribution in [0.25, 0.3) is 0 Å². The second kappa shape index (κ2) is 7.06. The van der Waals surface area contributed by atoms with Crippen LogP contribution in [0.15, 0.2) is 30.3 Å². The second-order valence-corrected chi connectivity index (χ2v) is 6.06. The van der Waals surface area contributed by atoms with Crippen molar-refractivity contribution in [2.45, 2.75) is 45.7 Å². The molecule has 1 aliphatic carbocycles. The van der Waals surface area contributed by atoms with E-state index in [-0.39, 0.29) is 0 Å².